The number of methoxy groups -OCH3 is 1. The van der Waals surface area contributed by atoms with Crippen LogP contribution in [-0.4, -0.2) is 43.0 Å². The zero-order valence-electron chi connectivity index (χ0n) is 15.1. The molecule has 1 aliphatic rings. The van der Waals surface area contributed by atoms with Crippen molar-refractivity contribution >= 4 is 17.5 Å². The second-order valence-corrected chi connectivity index (χ2v) is 6.34. The molecule has 1 heterocycles. The van der Waals surface area contributed by atoms with Crippen molar-refractivity contribution in [2.45, 2.75) is 19.0 Å². The van der Waals surface area contributed by atoms with Crippen LogP contribution in [0, 0.1) is 5.82 Å². The normalized spacial score (nSPS) is 16.9. The summed E-state index contributed by atoms with van der Waals surface area (Å²) in [7, 11) is 1.57. The van der Waals surface area contributed by atoms with Gasteiger partial charge < -0.3 is 20.3 Å². The third-order valence-corrected chi connectivity index (χ3v) is 4.46. The molecule has 7 heteroatoms. The Labute approximate surface area is 157 Å². The van der Waals surface area contributed by atoms with Crippen LogP contribution in [0.2, 0.25) is 0 Å². The Morgan fingerprint density at radius 1 is 1.26 bits per heavy atom. The molecule has 2 N–H and O–H groups in total. The lowest BCUT2D eigenvalue weighted by Crippen LogP contribution is -2.55. The quantitative estimate of drug-likeness (QED) is 0.816. The number of benzene rings is 2. The van der Waals surface area contributed by atoms with E-state index in [4.69, 9.17) is 4.74 Å². The van der Waals surface area contributed by atoms with Gasteiger partial charge in [-0.3, -0.25) is 9.59 Å². The lowest BCUT2D eigenvalue weighted by molar-refractivity contribution is -0.138. The molecule has 2 aromatic carbocycles. The minimum Gasteiger partial charge on any atom is -0.497 e. The summed E-state index contributed by atoms with van der Waals surface area (Å²) in [5, 5.41) is 5.84. The minimum atomic E-state index is -0.622. The third-order valence-electron chi connectivity index (χ3n) is 4.46. The van der Waals surface area contributed by atoms with Crippen LogP contribution in [0.4, 0.5) is 10.1 Å². The standard InChI is InChI=1S/C20H22FN3O3/c1-27-16-8-6-15(7-9-16)23-19(25)12-18-20(26)24(11-10-22-18)13-14-4-2-3-5-17(14)21/h2-9,18,22H,10-13H2,1H3,(H,23,25). The van der Waals surface area contributed by atoms with Gasteiger partial charge in [-0.05, 0) is 30.3 Å². The number of nitrogens with one attached hydrogen (secondary N) is 2. The highest BCUT2D eigenvalue weighted by Crippen LogP contribution is 2.17. The smallest absolute Gasteiger partial charge is 0.240 e. The number of ether oxygens (including phenoxy) is 1. The van der Waals surface area contributed by atoms with Crippen molar-refractivity contribution in [3.05, 3.63) is 59.9 Å². The fourth-order valence-electron chi connectivity index (χ4n) is 3.01. The molecule has 0 aliphatic carbocycles. The predicted molar refractivity (Wildman–Crippen MR) is 99.8 cm³/mol. The van der Waals surface area contributed by atoms with E-state index in [1.807, 2.05) is 0 Å². The largest absolute Gasteiger partial charge is 0.497 e. The summed E-state index contributed by atoms with van der Waals surface area (Å²) in [6.45, 7) is 1.23. The molecule has 142 valence electrons. The van der Waals surface area contributed by atoms with Crippen molar-refractivity contribution in [2.75, 3.05) is 25.5 Å². The molecular formula is C20H22FN3O3. The van der Waals surface area contributed by atoms with Crippen LogP contribution >= 0.6 is 0 Å². The van der Waals surface area contributed by atoms with Gasteiger partial charge in [-0.2, -0.15) is 0 Å². The fraction of sp³-hybridized carbons (Fsp3) is 0.300. The van der Waals surface area contributed by atoms with Crippen LogP contribution in [0.1, 0.15) is 12.0 Å². The van der Waals surface area contributed by atoms with Crippen LogP contribution in [0.5, 0.6) is 5.75 Å². The van der Waals surface area contributed by atoms with Gasteiger partial charge >= 0.3 is 0 Å². The number of carbonyl (C=O) groups excluding carboxylic acids is 2. The molecule has 1 unspecified atom stereocenters. The Balaban J connectivity index is 1.58. The lowest BCUT2D eigenvalue weighted by atomic mass is 10.1. The minimum absolute atomic E-state index is 0.0125. The molecule has 0 radical (unpaired) electrons. The van der Waals surface area contributed by atoms with Crippen molar-refractivity contribution < 1.29 is 18.7 Å². The van der Waals surface area contributed by atoms with Gasteiger partial charge in [-0.25, -0.2) is 4.39 Å². The number of anilines is 1. The summed E-state index contributed by atoms with van der Waals surface area (Å²) < 4.78 is 18.9. The van der Waals surface area contributed by atoms with E-state index < -0.39 is 6.04 Å². The first-order chi connectivity index (χ1) is 13.1. The molecule has 1 atom stereocenters. The van der Waals surface area contributed by atoms with Gasteiger partial charge in [0.05, 0.1) is 19.6 Å². The zero-order valence-corrected chi connectivity index (χ0v) is 15.1. The molecule has 0 saturated carbocycles. The Bertz CT molecular complexity index is 810. The fourth-order valence-corrected chi connectivity index (χ4v) is 3.01. The third kappa shape index (κ3) is 4.83. The SMILES string of the molecule is COc1ccc(NC(=O)CC2NCCN(Cc3ccccc3F)C2=O)cc1. The van der Waals surface area contributed by atoms with Crippen molar-refractivity contribution in [3.63, 3.8) is 0 Å². The van der Waals surface area contributed by atoms with Crippen LogP contribution in [-0.2, 0) is 16.1 Å². The predicted octanol–water partition coefficient (Wildman–Crippen LogP) is 2.16. The summed E-state index contributed by atoms with van der Waals surface area (Å²) in [6.07, 6.45) is 0.0125. The summed E-state index contributed by atoms with van der Waals surface area (Å²) >= 11 is 0. The molecule has 1 saturated heterocycles. The summed E-state index contributed by atoms with van der Waals surface area (Å²) in [4.78, 5) is 26.5. The molecule has 0 bridgehead atoms. The van der Waals surface area contributed by atoms with Gasteiger partial charge in [-0.15, -0.1) is 0 Å². The van der Waals surface area contributed by atoms with Gasteiger partial charge in [0.15, 0.2) is 0 Å². The Kier molecular flexibility index (Phi) is 6.03. The number of nitrogens with zero attached hydrogens (tertiary/aromatic N) is 1. The van der Waals surface area contributed by atoms with Crippen molar-refractivity contribution in [1.82, 2.24) is 10.2 Å². The second-order valence-electron chi connectivity index (χ2n) is 6.34. The average molecular weight is 371 g/mol. The summed E-state index contributed by atoms with van der Waals surface area (Å²) in [5.41, 5.74) is 1.10. The van der Waals surface area contributed by atoms with Crippen LogP contribution in [0.15, 0.2) is 48.5 Å². The number of piperazine rings is 1. The number of carbonyl (C=O) groups is 2. The Morgan fingerprint density at radius 3 is 2.70 bits per heavy atom. The molecule has 27 heavy (non-hydrogen) atoms. The van der Waals surface area contributed by atoms with Gasteiger partial charge in [-0.1, -0.05) is 18.2 Å². The topological polar surface area (TPSA) is 70.7 Å². The molecular weight excluding hydrogens is 349 g/mol. The van der Waals surface area contributed by atoms with E-state index in [0.717, 1.165) is 0 Å². The molecule has 1 fully saturated rings. The number of amides is 2. The van der Waals surface area contributed by atoms with Gasteiger partial charge in [0.25, 0.3) is 0 Å². The monoisotopic (exact) mass is 371 g/mol. The number of hydrogen-bond acceptors (Lipinski definition) is 4. The maximum atomic E-state index is 13.8. The maximum absolute atomic E-state index is 13.8. The van der Waals surface area contributed by atoms with Crippen molar-refractivity contribution in [1.29, 1.82) is 0 Å². The van der Waals surface area contributed by atoms with E-state index in [9.17, 15) is 14.0 Å². The first-order valence-electron chi connectivity index (χ1n) is 8.76. The molecule has 1 aliphatic heterocycles. The summed E-state index contributed by atoms with van der Waals surface area (Å²) in [5.74, 6) is -0.105. The van der Waals surface area contributed by atoms with Gasteiger partial charge in [0.1, 0.15) is 11.6 Å². The number of halogens is 1. The molecule has 3 rings (SSSR count). The highest BCUT2D eigenvalue weighted by Gasteiger charge is 2.30. The molecule has 2 aromatic rings. The molecule has 6 nitrogen and oxygen atoms in total. The average Bonchev–Trinajstić information content (AvgIpc) is 2.67. The van der Waals surface area contributed by atoms with E-state index in [1.165, 1.54) is 6.07 Å². The number of hydrogen-bond donors (Lipinski definition) is 2. The first-order valence-corrected chi connectivity index (χ1v) is 8.76. The van der Waals surface area contributed by atoms with Crippen LogP contribution < -0.4 is 15.4 Å². The lowest BCUT2D eigenvalue weighted by Gasteiger charge is -2.33. The van der Waals surface area contributed by atoms with Crippen LogP contribution in [0.25, 0.3) is 0 Å². The highest BCUT2D eigenvalue weighted by atomic mass is 19.1. The zero-order chi connectivity index (χ0) is 19.2. The Morgan fingerprint density at radius 2 is 2.00 bits per heavy atom. The van der Waals surface area contributed by atoms with E-state index in [2.05, 4.69) is 10.6 Å². The van der Waals surface area contributed by atoms with Gasteiger partial charge in [0.2, 0.25) is 11.8 Å². The van der Waals surface area contributed by atoms with Gasteiger partial charge in [0, 0.05) is 30.9 Å². The molecule has 2 amide bonds. The van der Waals surface area contributed by atoms with Crippen molar-refractivity contribution in [2.24, 2.45) is 0 Å². The number of rotatable bonds is 6. The second kappa shape index (κ2) is 8.64. The summed E-state index contributed by atoms with van der Waals surface area (Å²) in [6, 6.07) is 12.7. The van der Waals surface area contributed by atoms with Crippen LogP contribution in [0.3, 0.4) is 0 Å². The van der Waals surface area contributed by atoms with E-state index in [0.29, 0.717) is 30.1 Å². The molecule has 0 spiro atoms. The van der Waals surface area contributed by atoms with E-state index >= 15 is 0 Å². The Hall–Kier alpha value is -2.93. The van der Waals surface area contributed by atoms with E-state index in [-0.39, 0.29) is 30.6 Å². The first kappa shape index (κ1) is 18.8. The van der Waals surface area contributed by atoms with Crippen molar-refractivity contribution in [3.8, 4) is 5.75 Å². The maximum Gasteiger partial charge on any atom is 0.240 e. The highest BCUT2D eigenvalue weighted by molar-refractivity contribution is 5.95. The molecule has 0 aromatic heterocycles. The van der Waals surface area contributed by atoms with E-state index in [1.54, 1.807) is 54.5 Å².